The van der Waals surface area contributed by atoms with Gasteiger partial charge in [0.2, 0.25) is 0 Å². The molecule has 0 saturated carbocycles. The Balaban J connectivity index is 2.29. The van der Waals surface area contributed by atoms with Gasteiger partial charge < -0.3 is 20.1 Å². The Kier molecular flexibility index (Phi) is 7.17. The maximum Gasteiger partial charge on any atom is 0.253 e. The molecule has 5 nitrogen and oxygen atoms in total. The monoisotopic (exact) mass is 374 g/mol. The number of nitrogens with one attached hydrogen (secondary N) is 2. The Morgan fingerprint density at radius 1 is 1.19 bits per heavy atom. The first kappa shape index (κ1) is 20.4. The first-order chi connectivity index (χ1) is 12.3. The summed E-state index contributed by atoms with van der Waals surface area (Å²) in [6.07, 6.45) is 0.988. The molecule has 1 aromatic heterocycles. The van der Waals surface area contributed by atoms with E-state index in [0.717, 1.165) is 48.1 Å². The fraction of sp³-hybridized carbons (Fsp3) is 0.500. The Labute approximate surface area is 161 Å². The van der Waals surface area contributed by atoms with Crippen molar-refractivity contribution in [3.8, 4) is 0 Å². The summed E-state index contributed by atoms with van der Waals surface area (Å²) in [5, 5.41) is 5.00. The third-order valence-electron chi connectivity index (χ3n) is 4.40. The Hall–Kier alpha value is -1.92. The van der Waals surface area contributed by atoms with E-state index in [0.29, 0.717) is 11.7 Å². The van der Waals surface area contributed by atoms with Gasteiger partial charge >= 0.3 is 0 Å². The standard InChI is InChI=1S/C20H30N4OS/c1-6-21-20(26)24(9-7-8-23(4)5)13-16-12-17-15(3)10-14(2)11-18(17)22-19(16)25/h10-12H,6-9,13H2,1-5H3,(H,21,26)(H,22,25). The van der Waals surface area contributed by atoms with Gasteiger partial charge in [-0.25, -0.2) is 0 Å². The van der Waals surface area contributed by atoms with Gasteiger partial charge in [-0.05, 0) is 83.3 Å². The number of thiocarbonyl (C=S) groups is 1. The topological polar surface area (TPSA) is 51.4 Å². The Morgan fingerprint density at radius 3 is 2.58 bits per heavy atom. The van der Waals surface area contributed by atoms with Crippen LogP contribution < -0.4 is 10.9 Å². The van der Waals surface area contributed by atoms with E-state index >= 15 is 0 Å². The van der Waals surface area contributed by atoms with Crippen molar-refractivity contribution in [3.63, 3.8) is 0 Å². The van der Waals surface area contributed by atoms with Gasteiger partial charge in [0.1, 0.15) is 0 Å². The average Bonchev–Trinajstić information content (AvgIpc) is 2.54. The molecule has 0 unspecified atom stereocenters. The van der Waals surface area contributed by atoms with Crippen molar-refractivity contribution in [2.45, 2.75) is 33.7 Å². The Bertz CT molecular complexity index is 828. The van der Waals surface area contributed by atoms with E-state index in [9.17, 15) is 4.79 Å². The highest BCUT2D eigenvalue weighted by molar-refractivity contribution is 7.80. The van der Waals surface area contributed by atoms with Crippen LogP contribution in [0.15, 0.2) is 23.0 Å². The molecule has 0 amide bonds. The summed E-state index contributed by atoms with van der Waals surface area (Å²) in [4.78, 5) is 19.9. The van der Waals surface area contributed by atoms with E-state index in [1.807, 2.05) is 26.0 Å². The second-order valence-electron chi connectivity index (χ2n) is 7.08. The third kappa shape index (κ3) is 5.29. The quantitative estimate of drug-likeness (QED) is 0.730. The van der Waals surface area contributed by atoms with Gasteiger partial charge in [-0.2, -0.15) is 0 Å². The van der Waals surface area contributed by atoms with Gasteiger partial charge in [0.05, 0.1) is 6.54 Å². The van der Waals surface area contributed by atoms with Crippen molar-refractivity contribution in [1.82, 2.24) is 20.1 Å². The van der Waals surface area contributed by atoms with E-state index in [1.165, 1.54) is 5.56 Å². The van der Waals surface area contributed by atoms with Crippen LogP contribution in [-0.4, -0.2) is 53.6 Å². The molecule has 2 N–H and O–H groups in total. The van der Waals surface area contributed by atoms with Crippen molar-refractivity contribution < 1.29 is 0 Å². The highest BCUT2D eigenvalue weighted by atomic mass is 32.1. The zero-order valence-electron chi connectivity index (χ0n) is 16.5. The van der Waals surface area contributed by atoms with Crippen LogP contribution in [0.4, 0.5) is 0 Å². The fourth-order valence-corrected chi connectivity index (χ4v) is 3.43. The Morgan fingerprint density at radius 2 is 1.92 bits per heavy atom. The number of benzene rings is 1. The maximum atomic E-state index is 12.6. The van der Waals surface area contributed by atoms with Gasteiger partial charge in [-0.1, -0.05) is 6.07 Å². The largest absolute Gasteiger partial charge is 0.363 e. The summed E-state index contributed by atoms with van der Waals surface area (Å²) in [5.41, 5.74) is 3.92. The van der Waals surface area contributed by atoms with Gasteiger partial charge in [0, 0.05) is 29.6 Å². The minimum atomic E-state index is -0.0422. The molecule has 0 atom stereocenters. The van der Waals surface area contributed by atoms with E-state index in [1.54, 1.807) is 0 Å². The zero-order chi connectivity index (χ0) is 19.3. The summed E-state index contributed by atoms with van der Waals surface area (Å²) in [7, 11) is 4.12. The summed E-state index contributed by atoms with van der Waals surface area (Å²) in [6.45, 7) is 9.23. The van der Waals surface area contributed by atoms with Crippen molar-refractivity contribution in [2.24, 2.45) is 0 Å². The average molecular weight is 375 g/mol. The molecule has 0 fully saturated rings. The smallest absolute Gasteiger partial charge is 0.253 e. The molecule has 0 aliphatic carbocycles. The van der Waals surface area contributed by atoms with Crippen molar-refractivity contribution in [1.29, 1.82) is 0 Å². The van der Waals surface area contributed by atoms with Crippen LogP contribution in [0.1, 0.15) is 30.0 Å². The number of aromatic amines is 1. The minimum absolute atomic E-state index is 0.0422. The lowest BCUT2D eigenvalue weighted by Crippen LogP contribution is -2.41. The van der Waals surface area contributed by atoms with E-state index in [4.69, 9.17) is 12.2 Å². The van der Waals surface area contributed by atoms with Crippen LogP contribution in [0, 0.1) is 13.8 Å². The van der Waals surface area contributed by atoms with Crippen molar-refractivity contribution in [2.75, 3.05) is 33.7 Å². The zero-order valence-corrected chi connectivity index (χ0v) is 17.3. The lowest BCUT2D eigenvalue weighted by atomic mass is 10.0. The third-order valence-corrected chi connectivity index (χ3v) is 4.80. The lowest BCUT2D eigenvalue weighted by Gasteiger charge is -2.26. The summed E-state index contributed by atoms with van der Waals surface area (Å²) in [6, 6.07) is 6.17. The second kappa shape index (κ2) is 9.14. The van der Waals surface area contributed by atoms with E-state index in [2.05, 4.69) is 47.2 Å². The number of nitrogens with zero attached hydrogens (tertiary/aromatic N) is 2. The molecular formula is C20H30N4OS. The van der Waals surface area contributed by atoms with Crippen LogP contribution in [0.25, 0.3) is 10.9 Å². The molecular weight excluding hydrogens is 344 g/mol. The highest BCUT2D eigenvalue weighted by Crippen LogP contribution is 2.19. The molecule has 142 valence electrons. The molecule has 0 saturated heterocycles. The normalized spacial score (nSPS) is 11.2. The van der Waals surface area contributed by atoms with Gasteiger partial charge in [0.25, 0.3) is 5.56 Å². The number of hydrogen-bond donors (Lipinski definition) is 2. The van der Waals surface area contributed by atoms with Gasteiger partial charge in [-0.3, -0.25) is 4.79 Å². The number of hydrogen-bond acceptors (Lipinski definition) is 3. The van der Waals surface area contributed by atoms with Crippen molar-refractivity contribution >= 4 is 28.2 Å². The number of rotatable bonds is 7. The number of fused-ring (bicyclic) bond motifs is 1. The first-order valence-corrected chi connectivity index (χ1v) is 9.53. The number of aromatic nitrogens is 1. The molecule has 0 aliphatic rings. The summed E-state index contributed by atoms with van der Waals surface area (Å²) in [5.74, 6) is 0. The number of H-pyrrole nitrogens is 1. The molecule has 0 radical (unpaired) electrons. The predicted octanol–water partition coefficient (Wildman–Crippen LogP) is 2.79. The first-order valence-electron chi connectivity index (χ1n) is 9.12. The molecule has 26 heavy (non-hydrogen) atoms. The van der Waals surface area contributed by atoms with E-state index in [-0.39, 0.29) is 5.56 Å². The molecule has 2 aromatic rings. The van der Waals surface area contributed by atoms with Gasteiger partial charge in [0.15, 0.2) is 5.11 Å². The van der Waals surface area contributed by atoms with Crippen molar-refractivity contribution in [3.05, 3.63) is 45.2 Å². The van der Waals surface area contributed by atoms with Crippen LogP contribution in [0.5, 0.6) is 0 Å². The van der Waals surface area contributed by atoms with E-state index < -0.39 is 0 Å². The summed E-state index contributed by atoms with van der Waals surface area (Å²) >= 11 is 5.52. The molecule has 1 aromatic carbocycles. The molecule has 2 rings (SSSR count). The SMILES string of the molecule is CCNC(=S)N(CCCN(C)C)Cc1cc2c(C)cc(C)cc2[nH]c1=O. The van der Waals surface area contributed by atoms with Crippen LogP contribution >= 0.6 is 12.2 Å². The molecule has 6 heteroatoms. The maximum absolute atomic E-state index is 12.6. The molecule has 0 bridgehead atoms. The number of pyridine rings is 1. The predicted molar refractivity (Wildman–Crippen MR) is 114 cm³/mol. The molecule has 0 spiro atoms. The fourth-order valence-electron chi connectivity index (χ4n) is 3.13. The number of aryl methyl sites for hydroxylation is 2. The highest BCUT2D eigenvalue weighted by Gasteiger charge is 2.13. The molecule has 0 aliphatic heterocycles. The molecule has 1 heterocycles. The van der Waals surface area contributed by atoms with Crippen LogP contribution in [0.2, 0.25) is 0 Å². The second-order valence-corrected chi connectivity index (χ2v) is 7.47. The minimum Gasteiger partial charge on any atom is -0.363 e. The lowest BCUT2D eigenvalue weighted by molar-refractivity contribution is 0.341. The summed E-state index contributed by atoms with van der Waals surface area (Å²) < 4.78 is 0. The van der Waals surface area contributed by atoms with Gasteiger partial charge in [-0.15, -0.1) is 0 Å². The van der Waals surface area contributed by atoms with Crippen LogP contribution in [-0.2, 0) is 6.54 Å². The van der Waals surface area contributed by atoms with Crippen LogP contribution in [0.3, 0.4) is 0 Å².